The van der Waals surface area contributed by atoms with Crippen molar-refractivity contribution in [2.24, 2.45) is 0 Å². The van der Waals surface area contributed by atoms with Gasteiger partial charge < -0.3 is 5.32 Å². The Kier molecular flexibility index (Phi) is 4.68. The first-order valence-corrected chi connectivity index (χ1v) is 6.35. The predicted octanol–water partition coefficient (Wildman–Crippen LogP) is 1.51. The van der Waals surface area contributed by atoms with E-state index in [9.17, 15) is 4.79 Å². The van der Waals surface area contributed by atoms with E-state index in [2.05, 4.69) is 21.8 Å². The van der Waals surface area contributed by atoms with E-state index in [0.717, 1.165) is 30.1 Å². The molecule has 5 heteroatoms. The van der Waals surface area contributed by atoms with Crippen LogP contribution < -0.4 is 5.32 Å². The Morgan fingerprint density at radius 3 is 2.80 bits per heavy atom. The van der Waals surface area contributed by atoms with Gasteiger partial charge in [0.2, 0.25) is 0 Å². The van der Waals surface area contributed by atoms with Crippen LogP contribution in [0.5, 0.6) is 0 Å². The molecule has 0 saturated carbocycles. The number of carbonyl (C=O) groups is 1. The van der Waals surface area contributed by atoms with Crippen LogP contribution in [0.15, 0.2) is 0 Å². The molecule has 0 spiro atoms. The van der Waals surface area contributed by atoms with Gasteiger partial charge in [-0.1, -0.05) is 0 Å². The van der Waals surface area contributed by atoms with E-state index in [1.54, 1.807) is 11.8 Å². The van der Waals surface area contributed by atoms with E-state index in [1.165, 1.54) is 0 Å². The van der Waals surface area contributed by atoms with Gasteiger partial charge in [-0.05, 0) is 32.3 Å². The van der Waals surface area contributed by atoms with Crippen molar-refractivity contribution < 1.29 is 4.79 Å². The standard InChI is InChI=1S/C10H17N3OS/c1-7-9(8(2)13-12-7)10(14)11-5-4-6-15-3/h4-6H2,1-3H3,(H,11,14)(H,12,13). The quantitative estimate of drug-likeness (QED) is 0.750. The maximum absolute atomic E-state index is 11.7. The molecule has 4 nitrogen and oxygen atoms in total. The number of nitrogens with zero attached hydrogens (tertiary/aromatic N) is 1. The monoisotopic (exact) mass is 227 g/mol. The first-order chi connectivity index (χ1) is 7.16. The zero-order valence-corrected chi connectivity index (χ0v) is 10.2. The fraction of sp³-hybridized carbons (Fsp3) is 0.600. The molecule has 0 aromatic carbocycles. The molecule has 0 aliphatic rings. The molecule has 0 unspecified atom stereocenters. The number of hydrogen-bond acceptors (Lipinski definition) is 3. The first-order valence-electron chi connectivity index (χ1n) is 4.95. The summed E-state index contributed by atoms with van der Waals surface area (Å²) in [4.78, 5) is 11.7. The minimum absolute atomic E-state index is 0.0279. The van der Waals surface area contributed by atoms with Crippen LogP contribution in [0.4, 0.5) is 0 Å². The lowest BCUT2D eigenvalue weighted by atomic mass is 10.2. The van der Waals surface area contributed by atoms with Gasteiger partial charge in [0.25, 0.3) is 5.91 Å². The normalized spacial score (nSPS) is 10.3. The fourth-order valence-corrected chi connectivity index (χ4v) is 1.83. The van der Waals surface area contributed by atoms with Gasteiger partial charge in [0.1, 0.15) is 0 Å². The predicted molar refractivity (Wildman–Crippen MR) is 63.4 cm³/mol. The second-order valence-corrected chi connectivity index (χ2v) is 4.40. The van der Waals surface area contributed by atoms with Crippen molar-refractivity contribution in [2.45, 2.75) is 20.3 Å². The molecule has 15 heavy (non-hydrogen) atoms. The van der Waals surface area contributed by atoms with Crippen LogP contribution in [0, 0.1) is 13.8 Å². The lowest BCUT2D eigenvalue weighted by Gasteiger charge is -2.04. The van der Waals surface area contributed by atoms with Crippen LogP contribution in [0.1, 0.15) is 28.2 Å². The minimum atomic E-state index is -0.0279. The van der Waals surface area contributed by atoms with Crippen molar-refractivity contribution in [3.63, 3.8) is 0 Å². The van der Waals surface area contributed by atoms with Gasteiger partial charge in [0.15, 0.2) is 0 Å². The average molecular weight is 227 g/mol. The third-order valence-corrected chi connectivity index (χ3v) is 2.86. The summed E-state index contributed by atoms with van der Waals surface area (Å²) in [5.41, 5.74) is 2.27. The molecule has 0 fully saturated rings. The number of thioether (sulfide) groups is 1. The summed E-state index contributed by atoms with van der Waals surface area (Å²) in [6.07, 6.45) is 3.06. The topological polar surface area (TPSA) is 57.8 Å². The van der Waals surface area contributed by atoms with Gasteiger partial charge in [-0.2, -0.15) is 16.9 Å². The Bertz CT molecular complexity index is 316. The highest BCUT2D eigenvalue weighted by Gasteiger charge is 2.13. The van der Waals surface area contributed by atoms with E-state index in [4.69, 9.17) is 0 Å². The number of rotatable bonds is 5. The zero-order valence-electron chi connectivity index (χ0n) is 9.39. The van der Waals surface area contributed by atoms with Gasteiger partial charge in [-0.3, -0.25) is 9.89 Å². The Morgan fingerprint density at radius 2 is 2.27 bits per heavy atom. The summed E-state index contributed by atoms with van der Waals surface area (Å²) in [7, 11) is 0. The van der Waals surface area contributed by atoms with Crippen LogP contribution in [0.2, 0.25) is 0 Å². The summed E-state index contributed by atoms with van der Waals surface area (Å²) in [5.74, 6) is 1.05. The molecule has 0 aliphatic carbocycles. The largest absolute Gasteiger partial charge is 0.352 e. The van der Waals surface area contributed by atoms with Gasteiger partial charge >= 0.3 is 0 Å². The van der Waals surface area contributed by atoms with Crippen molar-refractivity contribution in [1.29, 1.82) is 0 Å². The molecule has 0 aliphatic heterocycles. The molecule has 1 amide bonds. The summed E-state index contributed by atoms with van der Waals surface area (Å²) in [6.45, 7) is 4.42. The molecule has 0 radical (unpaired) electrons. The van der Waals surface area contributed by atoms with Crippen molar-refractivity contribution in [3.05, 3.63) is 17.0 Å². The van der Waals surface area contributed by atoms with Crippen LogP contribution >= 0.6 is 11.8 Å². The molecule has 1 aromatic heterocycles. The smallest absolute Gasteiger partial charge is 0.255 e. The molecule has 2 N–H and O–H groups in total. The second-order valence-electron chi connectivity index (χ2n) is 3.41. The molecular weight excluding hydrogens is 210 g/mol. The highest BCUT2D eigenvalue weighted by molar-refractivity contribution is 7.98. The second kappa shape index (κ2) is 5.80. The number of hydrogen-bond donors (Lipinski definition) is 2. The molecule has 1 heterocycles. The van der Waals surface area contributed by atoms with Gasteiger partial charge in [-0.25, -0.2) is 0 Å². The maximum atomic E-state index is 11.7. The molecular formula is C10H17N3OS. The number of aromatic amines is 1. The van der Waals surface area contributed by atoms with Crippen LogP contribution in [-0.2, 0) is 0 Å². The van der Waals surface area contributed by atoms with Crippen LogP contribution in [-0.4, -0.2) is 34.7 Å². The Morgan fingerprint density at radius 1 is 1.53 bits per heavy atom. The number of amides is 1. The molecule has 1 rings (SSSR count). The van der Waals surface area contributed by atoms with Gasteiger partial charge in [0.05, 0.1) is 11.3 Å². The van der Waals surface area contributed by atoms with Gasteiger partial charge in [-0.15, -0.1) is 0 Å². The van der Waals surface area contributed by atoms with E-state index >= 15 is 0 Å². The third-order valence-electron chi connectivity index (χ3n) is 2.17. The maximum Gasteiger partial charge on any atom is 0.255 e. The number of aromatic nitrogens is 2. The molecule has 1 aromatic rings. The van der Waals surface area contributed by atoms with Crippen molar-refractivity contribution in [3.8, 4) is 0 Å². The van der Waals surface area contributed by atoms with E-state index in [0.29, 0.717) is 5.56 Å². The SMILES string of the molecule is CSCCCNC(=O)c1c(C)n[nH]c1C. The highest BCUT2D eigenvalue weighted by atomic mass is 32.2. The summed E-state index contributed by atoms with van der Waals surface area (Å²) in [6, 6.07) is 0. The molecule has 84 valence electrons. The summed E-state index contributed by atoms with van der Waals surface area (Å²) in [5, 5.41) is 9.69. The fourth-order valence-electron chi connectivity index (χ4n) is 1.39. The van der Waals surface area contributed by atoms with E-state index in [1.807, 2.05) is 13.8 Å². The average Bonchev–Trinajstić information content (AvgIpc) is 2.53. The lowest BCUT2D eigenvalue weighted by molar-refractivity contribution is 0.0952. The molecule has 0 saturated heterocycles. The first kappa shape index (κ1) is 12.1. The Balaban J connectivity index is 2.47. The number of H-pyrrole nitrogens is 1. The van der Waals surface area contributed by atoms with Crippen LogP contribution in [0.25, 0.3) is 0 Å². The third kappa shape index (κ3) is 3.27. The molecule has 0 bridgehead atoms. The van der Waals surface area contributed by atoms with E-state index in [-0.39, 0.29) is 5.91 Å². The zero-order chi connectivity index (χ0) is 11.3. The van der Waals surface area contributed by atoms with Gasteiger partial charge in [0, 0.05) is 12.2 Å². The summed E-state index contributed by atoms with van der Waals surface area (Å²) < 4.78 is 0. The Labute approximate surface area is 94.2 Å². The number of nitrogens with one attached hydrogen (secondary N) is 2. The van der Waals surface area contributed by atoms with E-state index < -0.39 is 0 Å². The highest BCUT2D eigenvalue weighted by Crippen LogP contribution is 2.08. The number of aryl methyl sites for hydroxylation is 2. The number of carbonyl (C=O) groups excluding carboxylic acids is 1. The van der Waals surface area contributed by atoms with Crippen molar-refractivity contribution in [1.82, 2.24) is 15.5 Å². The molecule has 0 atom stereocenters. The minimum Gasteiger partial charge on any atom is -0.352 e. The van der Waals surface area contributed by atoms with Crippen LogP contribution in [0.3, 0.4) is 0 Å². The van der Waals surface area contributed by atoms with Crippen molar-refractivity contribution in [2.75, 3.05) is 18.6 Å². The Hall–Kier alpha value is -0.970. The lowest BCUT2D eigenvalue weighted by Crippen LogP contribution is -2.25. The van der Waals surface area contributed by atoms with Crippen molar-refractivity contribution >= 4 is 17.7 Å². The summed E-state index contributed by atoms with van der Waals surface area (Å²) >= 11 is 1.79.